The Balaban J connectivity index is 2.11. The summed E-state index contributed by atoms with van der Waals surface area (Å²) in [6.45, 7) is 4.53. The van der Waals surface area contributed by atoms with E-state index < -0.39 is 6.09 Å². The van der Waals surface area contributed by atoms with Gasteiger partial charge in [0.2, 0.25) is 0 Å². The molecule has 86 valence electrons. The Hall–Kier alpha value is -0.810. The largest absolute Gasteiger partial charge is 0.465 e. The van der Waals surface area contributed by atoms with Crippen molar-refractivity contribution in [3.63, 3.8) is 0 Å². The van der Waals surface area contributed by atoms with Gasteiger partial charge in [0, 0.05) is 5.41 Å². The second-order valence-electron chi connectivity index (χ2n) is 4.56. The number of carbonyl (C=O) groups is 1. The SMILES string of the molecule is CC1OCC2(CCNCC2)C1NC(=O)O. The number of hydrogen-bond donors (Lipinski definition) is 3. The molecule has 0 bridgehead atoms. The summed E-state index contributed by atoms with van der Waals surface area (Å²) >= 11 is 0. The van der Waals surface area contributed by atoms with E-state index in [4.69, 9.17) is 9.84 Å². The zero-order valence-corrected chi connectivity index (χ0v) is 8.95. The summed E-state index contributed by atoms with van der Waals surface area (Å²) in [6, 6.07) is -0.0582. The summed E-state index contributed by atoms with van der Waals surface area (Å²) in [5, 5.41) is 14.7. The minimum Gasteiger partial charge on any atom is -0.465 e. The van der Waals surface area contributed by atoms with E-state index in [-0.39, 0.29) is 17.6 Å². The molecule has 2 fully saturated rings. The zero-order chi connectivity index (χ0) is 10.9. The topological polar surface area (TPSA) is 70.6 Å². The van der Waals surface area contributed by atoms with Crippen molar-refractivity contribution in [2.45, 2.75) is 31.9 Å². The lowest BCUT2D eigenvalue weighted by Crippen LogP contribution is -2.53. The number of piperidine rings is 1. The number of amides is 1. The summed E-state index contributed by atoms with van der Waals surface area (Å²) in [5.41, 5.74) is 0.0169. The molecule has 0 aromatic carbocycles. The Morgan fingerprint density at radius 3 is 2.80 bits per heavy atom. The van der Waals surface area contributed by atoms with Crippen molar-refractivity contribution >= 4 is 6.09 Å². The summed E-state index contributed by atoms with van der Waals surface area (Å²) in [5.74, 6) is 0. The highest BCUT2D eigenvalue weighted by Crippen LogP contribution is 2.40. The van der Waals surface area contributed by atoms with Crippen LogP contribution in [-0.2, 0) is 4.74 Å². The minimum atomic E-state index is -0.949. The highest BCUT2D eigenvalue weighted by atomic mass is 16.5. The lowest BCUT2D eigenvalue weighted by Gasteiger charge is -2.38. The van der Waals surface area contributed by atoms with Crippen LogP contribution in [0.2, 0.25) is 0 Å². The zero-order valence-electron chi connectivity index (χ0n) is 8.95. The smallest absolute Gasteiger partial charge is 0.404 e. The van der Waals surface area contributed by atoms with Crippen LogP contribution in [0.1, 0.15) is 19.8 Å². The number of ether oxygens (including phenoxy) is 1. The van der Waals surface area contributed by atoms with Gasteiger partial charge in [0.1, 0.15) is 0 Å². The molecule has 0 radical (unpaired) electrons. The van der Waals surface area contributed by atoms with Crippen molar-refractivity contribution in [3.05, 3.63) is 0 Å². The molecule has 2 saturated heterocycles. The van der Waals surface area contributed by atoms with E-state index in [9.17, 15) is 4.79 Å². The third-order valence-corrected chi connectivity index (χ3v) is 3.64. The van der Waals surface area contributed by atoms with Crippen molar-refractivity contribution in [2.24, 2.45) is 5.41 Å². The van der Waals surface area contributed by atoms with Crippen LogP contribution in [0.25, 0.3) is 0 Å². The minimum absolute atomic E-state index is 0.0146. The molecule has 5 heteroatoms. The van der Waals surface area contributed by atoms with Gasteiger partial charge in [-0.25, -0.2) is 4.79 Å². The summed E-state index contributed by atoms with van der Waals surface area (Å²) in [7, 11) is 0. The van der Waals surface area contributed by atoms with Gasteiger partial charge in [0.25, 0.3) is 0 Å². The maximum Gasteiger partial charge on any atom is 0.404 e. The van der Waals surface area contributed by atoms with Crippen LogP contribution in [0.4, 0.5) is 4.79 Å². The molecule has 0 aromatic rings. The van der Waals surface area contributed by atoms with Gasteiger partial charge in [0.05, 0.1) is 18.8 Å². The molecular weight excluding hydrogens is 196 g/mol. The normalized spacial score (nSPS) is 34.2. The predicted molar refractivity (Wildman–Crippen MR) is 54.9 cm³/mol. The lowest BCUT2D eigenvalue weighted by molar-refractivity contribution is 0.0950. The van der Waals surface area contributed by atoms with E-state index in [1.165, 1.54) is 0 Å². The Morgan fingerprint density at radius 1 is 1.53 bits per heavy atom. The van der Waals surface area contributed by atoms with Crippen LogP contribution in [0.5, 0.6) is 0 Å². The molecule has 2 aliphatic rings. The first-order chi connectivity index (χ1) is 7.14. The molecule has 15 heavy (non-hydrogen) atoms. The van der Waals surface area contributed by atoms with E-state index in [2.05, 4.69) is 10.6 Å². The molecule has 5 nitrogen and oxygen atoms in total. The predicted octanol–water partition coefficient (Wildman–Crippen LogP) is 0.411. The lowest BCUT2D eigenvalue weighted by atomic mass is 9.73. The number of nitrogens with one attached hydrogen (secondary N) is 2. The summed E-state index contributed by atoms with van der Waals surface area (Å²) in [6.07, 6.45) is 1.01. The molecule has 2 heterocycles. The van der Waals surface area contributed by atoms with Gasteiger partial charge in [-0.3, -0.25) is 0 Å². The molecule has 2 rings (SSSR count). The highest BCUT2D eigenvalue weighted by Gasteiger charge is 2.49. The molecule has 1 amide bonds. The quantitative estimate of drug-likeness (QED) is 0.591. The van der Waals surface area contributed by atoms with Crippen LogP contribution in [0, 0.1) is 5.41 Å². The molecule has 0 saturated carbocycles. The van der Waals surface area contributed by atoms with Crippen LogP contribution in [0.3, 0.4) is 0 Å². The van der Waals surface area contributed by atoms with Crippen molar-refractivity contribution in [2.75, 3.05) is 19.7 Å². The standard InChI is InChI=1S/C10H18N2O3/c1-7-8(12-9(13)14)10(6-15-7)2-4-11-5-3-10/h7-8,11-12H,2-6H2,1H3,(H,13,14). The van der Waals surface area contributed by atoms with Gasteiger partial charge >= 0.3 is 6.09 Å². The van der Waals surface area contributed by atoms with E-state index in [0.29, 0.717) is 6.61 Å². The fourth-order valence-corrected chi connectivity index (χ4v) is 2.76. The van der Waals surface area contributed by atoms with E-state index in [1.54, 1.807) is 0 Å². The monoisotopic (exact) mass is 214 g/mol. The molecule has 3 N–H and O–H groups in total. The Kier molecular flexibility index (Phi) is 2.84. The fraction of sp³-hybridized carbons (Fsp3) is 0.900. The van der Waals surface area contributed by atoms with Gasteiger partial charge in [-0.05, 0) is 32.9 Å². The van der Waals surface area contributed by atoms with Gasteiger partial charge in [0.15, 0.2) is 0 Å². The van der Waals surface area contributed by atoms with E-state index in [1.807, 2.05) is 6.92 Å². The second kappa shape index (κ2) is 3.98. The summed E-state index contributed by atoms with van der Waals surface area (Å²) < 4.78 is 5.61. The highest BCUT2D eigenvalue weighted by molar-refractivity contribution is 5.65. The van der Waals surface area contributed by atoms with Crippen LogP contribution < -0.4 is 10.6 Å². The molecule has 0 aliphatic carbocycles. The summed E-state index contributed by atoms with van der Waals surface area (Å²) in [4.78, 5) is 10.7. The van der Waals surface area contributed by atoms with E-state index >= 15 is 0 Å². The third-order valence-electron chi connectivity index (χ3n) is 3.64. The molecular formula is C10H18N2O3. The Morgan fingerprint density at radius 2 is 2.20 bits per heavy atom. The average molecular weight is 214 g/mol. The maximum atomic E-state index is 10.7. The first-order valence-corrected chi connectivity index (χ1v) is 5.46. The van der Waals surface area contributed by atoms with Crippen molar-refractivity contribution in [3.8, 4) is 0 Å². The van der Waals surface area contributed by atoms with Gasteiger partial charge in [-0.2, -0.15) is 0 Å². The molecule has 2 unspecified atom stereocenters. The Bertz CT molecular complexity index is 246. The van der Waals surface area contributed by atoms with Gasteiger partial charge < -0.3 is 20.5 Å². The second-order valence-corrected chi connectivity index (χ2v) is 4.56. The molecule has 2 atom stereocenters. The van der Waals surface area contributed by atoms with Crippen molar-refractivity contribution in [1.82, 2.24) is 10.6 Å². The number of hydrogen-bond acceptors (Lipinski definition) is 3. The van der Waals surface area contributed by atoms with Crippen LogP contribution in [0.15, 0.2) is 0 Å². The molecule has 2 aliphatic heterocycles. The molecule has 1 spiro atoms. The van der Waals surface area contributed by atoms with E-state index in [0.717, 1.165) is 25.9 Å². The van der Waals surface area contributed by atoms with Crippen molar-refractivity contribution in [1.29, 1.82) is 0 Å². The van der Waals surface area contributed by atoms with Crippen LogP contribution in [-0.4, -0.2) is 43.0 Å². The van der Waals surface area contributed by atoms with Gasteiger partial charge in [-0.15, -0.1) is 0 Å². The number of carboxylic acid groups (broad SMARTS) is 1. The van der Waals surface area contributed by atoms with Crippen molar-refractivity contribution < 1.29 is 14.6 Å². The number of rotatable bonds is 1. The van der Waals surface area contributed by atoms with Crippen LogP contribution >= 0.6 is 0 Å². The fourth-order valence-electron chi connectivity index (χ4n) is 2.76. The maximum absolute atomic E-state index is 10.7. The third kappa shape index (κ3) is 1.94. The Labute approximate surface area is 89.2 Å². The molecule has 0 aromatic heterocycles. The first-order valence-electron chi connectivity index (χ1n) is 5.46. The average Bonchev–Trinajstić information content (AvgIpc) is 2.48. The van der Waals surface area contributed by atoms with Gasteiger partial charge in [-0.1, -0.05) is 0 Å². The first kappa shape index (κ1) is 10.7.